The van der Waals surface area contributed by atoms with Crippen molar-refractivity contribution in [1.29, 1.82) is 0 Å². The molecule has 1 heterocycles. The Kier molecular flexibility index (Phi) is 8.90. The summed E-state index contributed by atoms with van der Waals surface area (Å²) in [5.74, 6) is -0.583. The molecule has 154 valence electrons. The molecule has 1 aromatic rings. The molecule has 1 aliphatic heterocycles. The molecule has 0 aromatic heterocycles. The van der Waals surface area contributed by atoms with E-state index in [0.29, 0.717) is 56.9 Å². The molecule has 8 heteroatoms. The molecule has 0 radical (unpaired) electrons. The minimum Gasteiger partial charge on any atom is -0.466 e. The molecular weight excluding hydrogens is 362 g/mol. The lowest BCUT2D eigenvalue weighted by Gasteiger charge is -2.30. The van der Waals surface area contributed by atoms with Crippen LogP contribution in [0.5, 0.6) is 0 Å². The first-order chi connectivity index (χ1) is 13.5. The number of ether oxygens (including phenoxy) is 2. The smallest absolute Gasteiger partial charge is 0.309 e. The summed E-state index contributed by atoms with van der Waals surface area (Å²) in [6.45, 7) is 4.67. The quantitative estimate of drug-likeness (QED) is 0.486. The number of rotatable bonds is 9. The van der Waals surface area contributed by atoms with Crippen LogP contribution in [0.3, 0.4) is 0 Å². The molecule has 1 aliphatic rings. The Labute approximate surface area is 165 Å². The van der Waals surface area contributed by atoms with Crippen molar-refractivity contribution >= 4 is 23.5 Å². The van der Waals surface area contributed by atoms with Gasteiger partial charge in [-0.1, -0.05) is 6.07 Å². The number of benzene rings is 1. The lowest BCUT2D eigenvalue weighted by molar-refractivity contribution is -0.149. The zero-order valence-electron chi connectivity index (χ0n) is 16.5. The van der Waals surface area contributed by atoms with Gasteiger partial charge in [-0.05, 0) is 51.1 Å². The van der Waals surface area contributed by atoms with Crippen LogP contribution < -0.4 is 10.6 Å². The third-order valence-electron chi connectivity index (χ3n) is 4.57. The third kappa shape index (κ3) is 6.94. The second kappa shape index (κ2) is 11.4. The molecule has 28 heavy (non-hydrogen) atoms. The number of nitrogens with one attached hydrogen (secondary N) is 2. The maximum absolute atomic E-state index is 12.3. The van der Waals surface area contributed by atoms with Gasteiger partial charge in [0, 0.05) is 24.9 Å². The van der Waals surface area contributed by atoms with Gasteiger partial charge in [-0.3, -0.25) is 19.3 Å². The molecule has 2 amide bonds. The summed E-state index contributed by atoms with van der Waals surface area (Å²) in [6.07, 6.45) is 1.40. The normalized spacial score (nSPS) is 15.1. The van der Waals surface area contributed by atoms with Crippen molar-refractivity contribution < 1.29 is 23.9 Å². The Bertz CT molecular complexity index is 672. The summed E-state index contributed by atoms with van der Waals surface area (Å²) >= 11 is 0. The molecule has 8 nitrogen and oxygen atoms in total. The van der Waals surface area contributed by atoms with Crippen molar-refractivity contribution in [2.24, 2.45) is 5.92 Å². The number of hydrogen-bond acceptors (Lipinski definition) is 6. The number of hydrogen-bond donors (Lipinski definition) is 2. The second-order valence-corrected chi connectivity index (χ2v) is 6.68. The molecular formula is C20H29N3O5. The summed E-state index contributed by atoms with van der Waals surface area (Å²) in [5, 5.41) is 5.57. The van der Waals surface area contributed by atoms with Gasteiger partial charge in [-0.2, -0.15) is 0 Å². The van der Waals surface area contributed by atoms with Crippen molar-refractivity contribution in [1.82, 2.24) is 10.2 Å². The van der Waals surface area contributed by atoms with E-state index in [1.807, 2.05) is 4.90 Å². The number of methoxy groups -OCH3 is 1. The standard InChI is InChI=1S/C20H29N3O5/c1-3-28-20(26)15-7-10-23(11-8-15)14-18(24)22-17-6-4-5-16(13-17)19(25)21-9-12-27-2/h4-6,13,15H,3,7-12,14H2,1-2H3,(H,21,25)(H,22,24). The Morgan fingerprint density at radius 3 is 2.64 bits per heavy atom. The number of carbonyl (C=O) groups is 3. The van der Waals surface area contributed by atoms with Gasteiger partial charge in [-0.25, -0.2) is 0 Å². The molecule has 0 saturated carbocycles. The van der Waals surface area contributed by atoms with Crippen LogP contribution in [0, 0.1) is 5.92 Å². The highest BCUT2D eigenvalue weighted by Crippen LogP contribution is 2.18. The van der Waals surface area contributed by atoms with Crippen LogP contribution in [0.1, 0.15) is 30.1 Å². The van der Waals surface area contributed by atoms with Gasteiger partial charge < -0.3 is 20.1 Å². The monoisotopic (exact) mass is 391 g/mol. The second-order valence-electron chi connectivity index (χ2n) is 6.68. The number of nitrogens with zero attached hydrogens (tertiary/aromatic N) is 1. The minimum absolute atomic E-state index is 0.0763. The van der Waals surface area contributed by atoms with Gasteiger partial charge in [0.25, 0.3) is 5.91 Å². The molecule has 1 aromatic carbocycles. The maximum Gasteiger partial charge on any atom is 0.309 e. The van der Waals surface area contributed by atoms with Crippen molar-refractivity contribution in [2.75, 3.05) is 51.8 Å². The fraction of sp³-hybridized carbons (Fsp3) is 0.550. The first-order valence-corrected chi connectivity index (χ1v) is 9.59. The predicted molar refractivity (Wildman–Crippen MR) is 105 cm³/mol. The van der Waals surface area contributed by atoms with Crippen molar-refractivity contribution in [3.63, 3.8) is 0 Å². The fourth-order valence-corrected chi connectivity index (χ4v) is 3.10. The summed E-state index contributed by atoms with van der Waals surface area (Å²) < 4.78 is 9.97. The van der Waals surface area contributed by atoms with E-state index in [0.717, 1.165) is 0 Å². The SMILES string of the molecule is CCOC(=O)C1CCN(CC(=O)Nc2cccc(C(=O)NCCOC)c2)CC1. The van der Waals surface area contributed by atoms with E-state index in [1.54, 1.807) is 38.3 Å². The van der Waals surface area contributed by atoms with E-state index in [4.69, 9.17) is 9.47 Å². The molecule has 1 saturated heterocycles. The van der Waals surface area contributed by atoms with E-state index in [2.05, 4.69) is 10.6 Å². The van der Waals surface area contributed by atoms with Crippen LogP contribution >= 0.6 is 0 Å². The van der Waals surface area contributed by atoms with Crippen LogP contribution in [0.15, 0.2) is 24.3 Å². The Morgan fingerprint density at radius 2 is 1.96 bits per heavy atom. The number of amides is 2. The van der Waals surface area contributed by atoms with Gasteiger partial charge >= 0.3 is 5.97 Å². The summed E-state index contributed by atoms with van der Waals surface area (Å²) in [4.78, 5) is 38.2. The number of anilines is 1. The van der Waals surface area contributed by atoms with E-state index in [9.17, 15) is 14.4 Å². The fourth-order valence-electron chi connectivity index (χ4n) is 3.10. The average molecular weight is 391 g/mol. The van der Waals surface area contributed by atoms with Crippen molar-refractivity contribution in [3.05, 3.63) is 29.8 Å². The van der Waals surface area contributed by atoms with E-state index in [-0.39, 0.29) is 30.2 Å². The van der Waals surface area contributed by atoms with Gasteiger partial charge in [-0.15, -0.1) is 0 Å². The minimum atomic E-state index is -0.214. The largest absolute Gasteiger partial charge is 0.466 e. The predicted octanol–water partition coefficient (Wildman–Crippen LogP) is 1.28. The first-order valence-electron chi connectivity index (χ1n) is 9.59. The lowest BCUT2D eigenvalue weighted by atomic mass is 9.97. The van der Waals surface area contributed by atoms with E-state index >= 15 is 0 Å². The molecule has 0 unspecified atom stereocenters. The van der Waals surface area contributed by atoms with E-state index < -0.39 is 0 Å². The number of carbonyl (C=O) groups excluding carboxylic acids is 3. The first kappa shape index (κ1) is 21.8. The lowest BCUT2D eigenvalue weighted by Crippen LogP contribution is -2.41. The van der Waals surface area contributed by atoms with Crippen LogP contribution in [0.2, 0.25) is 0 Å². The molecule has 0 bridgehead atoms. The maximum atomic E-state index is 12.3. The van der Waals surface area contributed by atoms with Crippen LogP contribution in [-0.2, 0) is 19.1 Å². The molecule has 2 N–H and O–H groups in total. The van der Waals surface area contributed by atoms with Crippen LogP contribution in [-0.4, -0.2) is 69.2 Å². The Balaban J connectivity index is 1.80. The van der Waals surface area contributed by atoms with Crippen LogP contribution in [0.25, 0.3) is 0 Å². The van der Waals surface area contributed by atoms with Gasteiger partial charge in [0.05, 0.1) is 25.7 Å². The Hall–Kier alpha value is -2.45. The molecule has 0 aliphatic carbocycles. The number of likely N-dealkylation sites (tertiary alicyclic amines) is 1. The van der Waals surface area contributed by atoms with Crippen molar-refractivity contribution in [2.45, 2.75) is 19.8 Å². The average Bonchev–Trinajstić information content (AvgIpc) is 2.69. The van der Waals surface area contributed by atoms with Crippen molar-refractivity contribution in [3.8, 4) is 0 Å². The number of esters is 1. The molecule has 0 spiro atoms. The van der Waals surface area contributed by atoms with E-state index in [1.165, 1.54) is 0 Å². The van der Waals surface area contributed by atoms with Gasteiger partial charge in [0.1, 0.15) is 0 Å². The highest BCUT2D eigenvalue weighted by atomic mass is 16.5. The highest BCUT2D eigenvalue weighted by Gasteiger charge is 2.26. The third-order valence-corrected chi connectivity index (χ3v) is 4.57. The zero-order valence-corrected chi connectivity index (χ0v) is 16.5. The van der Waals surface area contributed by atoms with Crippen LogP contribution in [0.4, 0.5) is 5.69 Å². The summed E-state index contributed by atoms with van der Waals surface area (Å²) in [7, 11) is 1.57. The molecule has 1 fully saturated rings. The zero-order chi connectivity index (χ0) is 20.4. The summed E-state index contributed by atoms with van der Waals surface area (Å²) in [6, 6.07) is 6.81. The van der Waals surface area contributed by atoms with Gasteiger partial charge in [0.15, 0.2) is 0 Å². The summed E-state index contributed by atoms with van der Waals surface area (Å²) in [5.41, 5.74) is 1.05. The molecule has 2 rings (SSSR count). The molecule has 0 atom stereocenters. The number of piperidine rings is 1. The highest BCUT2D eigenvalue weighted by molar-refractivity contribution is 5.97. The van der Waals surface area contributed by atoms with Gasteiger partial charge in [0.2, 0.25) is 5.91 Å². The Morgan fingerprint density at radius 1 is 1.21 bits per heavy atom. The topological polar surface area (TPSA) is 97.0 Å².